The van der Waals surface area contributed by atoms with Crippen LogP contribution in [0, 0.1) is 6.92 Å². The number of aromatic nitrogens is 1. The van der Waals surface area contributed by atoms with Crippen LogP contribution in [0.1, 0.15) is 48.4 Å². The molecule has 2 amide bonds. The van der Waals surface area contributed by atoms with E-state index in [2.05, 4.69) is 15.6 Å². The monoisotopic (exact) mass is 341 g/mol. The van der Waals surface area contributed by atoms with E-state index in [-0.39, 0.29) is 17.9 Å². The van der Waals surface area contributed by atoms with Gasteiger partial charge in [-0.15, -0.1) is 0 Å². The molecule has 2 aromatic rings. The Labute approximate surface area is 147 Å². The van der Waals surface area contributed by atoms with Crippen LogP contribution in [0.3, 0.4) is 0 Å². The number of hydrogen-bond donors (Lipinski definition) is 2. The minimum absolute atomic E-state index is 0.138. The zero-order valence-corrected chi connectivity index (χ0v) is 14.9. The maximum Gasteiger partial charge on any atom is 0.257 e. The van der Waals surface area contributed by atoms with Crippen molar-refractivity contribution in [1.29, 1.82) is 0 Å². The van der Waals surface area contributed by atoms with Crippen LogP contribution in [-0.4, -0.2) is 23.4 Å². The van der Waals surface area contributed by atoms with Gasteiger partial charge in [0.2, 0.25) is 11.8 Å². The number of carbonyl (C=O) groups is 2. The highest BCUT2D eigenvalue weighted by Crippen LogP contribution is 2.20. The Bertz CT molecular complexity index is 774. The van der Waals surface area contributed by atoms with Crippen molar-refractivity contribution in [3.05, 3.63) is 53.2 Å². The molecule has 0 aliphatic carbocycles. The molecule has 25 heavy (non-hydrogen) atoms. The molecule has 0 spiro atoms. The van der Waals surface area contributed by atoms with Crippen molar-refractivity contribution in [2.45, 2.75) is 33.7 Å². The van der Waals surface area contributed by atoms with Gasteiger partial charge in [0, 0.05) is 18.3 Å². The Balaban J connectivity index is 2.16. The molecule has 1 atom stereocenters. The van der Waals surface area contributed by atoms with Crippen LogP contribution in [0.25, 0.3) is 0 Å². The normalized spacial score (nSPS) is 11.5. The minimum atomic E-state index is -0.256. The van der Waals surface area contributed by atoms with Gasteiger partial charge in [-0.2, -0.15) is 0 Å². The molecular weight excluding hydrogens is 318 g/mol. The van der Waals surface area contributed by atoms with Crippen molar-refractivity contribution in [2.75, 3.05) is 11.9 Å². The molecule has 1 aromatic heterocycles. The molecule has 1 unspecified atom stereocenters. The summed E-state index contributed by atoms with van der Waals surface area (Å²) < 4.78 is 5.47. The highest BCUT2D eigenvalue weighted by atomic mass is 16.5. The van der Waals surface area contributed by atoms with Gasteiger partial charge in [0.1, 0.15) is 5.56 Å². The summed E-state index contributed by atoms with van der Waals surface area (Å²) in [6.07, 6.45) is 0. The van der Waals surface area contributed by atoms with Crippen molar-refractivity contribution >= 4 is 17.5 Å². The molecule has 0 fully saturated rings. The third-order valence-electron chi connectivity index (χ3n) is 3.58. The highest BCUT2D eigenvalue weighted by Gasteiger charge is 2.17. The van der Waals surface area contributed by atoms with Crippen molar-refractivity contribution < 1.29 is 14.3 Å². The van der Waals surface area contributed by atoms with Gasteiger partial charge in [0.15, 0.2) is 0 Å². The standard InChI is InChI=1S/C19H23N3O3/c1-5-25-19-17(10-9-12(2)20-19)18(24)21-13(3)15-7-6-8-16(11-15)22-14(4)23/h6-11,13H,5H2,1-4H3,(H,21,24)(H,22,23). The predicted molar refractivity (Wildman–Crippen MR) is 96.8 cm³/mol. The number of anilines is 1. The van der Waals surface area contributed by atoms with E-state index in [0.717, 1.165) is 11.3 Å². The average Bonchev–Trinajstić information content (AvgIpc) is 2.54. The summed E-state index contributed by atoms with van der Waals surface area (Å²) in [5.41, 5.74) is 2.77. The first-order valence-corrected chi connectivity index (χ1v) is 8.19. The van der Waals surface area contributed by atoms with Crippen LogP contribution in [0.5, 0.6) is 5.88 Å². The fourth-order valence-corrected chi connectivity index (χ4v) is 2.40. The Kier molecular flexibility index (Phi) is 6.11. The molecule has 0 saturated carbocycles. The number of aryl methyl sites for hydroxylation is 1. The fourth-order valence-electron chi connectivity index (χ4n) is 2.40. The zero-order valence-electron chi connectivity index (χ0n) is 14.9. The molecule has 0 saturated heterocycles. The number of hydrogen-bond acceptors (Lipinski definition) is 4. The molecule has 6 nitrogen and oxygen atoms in total. The van der Waals surface area contributed by atoms with Gasteiger partial charge in [-0.25, -0.2) is 4.98 Å². The molecule has 6 heteroatoms. The maximum absolute atomic E-state index is 12.6. The van der Waals surface area contributed by atoms with E-state index in [1.54, 1.807) is 18.2 Å². The molecule has 0 aliphatic heterocycles. The number of carbonyl (C=O) groups excluding carboxylic acids is 2. The largest absolute Gasteiger partial charge is 0.477 e. The molecule has 1 aromatic carbocycles. The van der Waals surface area contributed by atoms with Gasteiger partial charge in [-0.1, -0.05) is 12.1 Å². The number of ether oxygens (including phenoxy) is 1. The van der Waals surface area contributed by atoms with Crippen LogP contribution >= 0.6 is 0 Å². The lowest BCUT2D eigenvalue weighted by Gasteiger charge is -2.17. The van der Waals surface area contributed by atoms with Gasteiger partial charge in [0.05, 0.1) is 12.6 Å². The first-order chi connectivity index (χ1) is 11.9. The summed E-state index contributed by atoms with van der Waals surface area (Å²) in [6.45, 7) is 7.47. The summed E-state index contributed by atoms with van der Waals surface area (Å²) in [6, 6.07) is 10.6. The van der Waals surface area contributed by atoms with Gasteiger partial charge in [-0.05, 0) is 50.6 Å². The minimum Gasteiger partial charge on any atom is -0.477 e. The predicted octanol–water partition coefficient (Wildman–Crippen LogP) is 3.24. The lowest BCUT2D eigenvalue weighted by atomic mass is 10.1. The van der Waals surface area contributed by atoms with Crippen LogP contribution in [0.2, 0.25) is 0 Å². The summed E-state index contributed by atoms with van der Waals surface area (Å²) >= 11 is 0. The molecule has 1 heterocycles. The van der Waals surface area contributed by atoms with Crippen LogP contribution in [0.4, 0.5) is 5.69 Å². The van der Waals surface area contributed by atoms with Gasteiger partial charge >= 0.3 is 0 Å². The van der Waals surface area contributed by atoms with Gasteiger partial charge in [-0.3, -0.25) is 9.59 Å². The summed E-state index contributed by atoms with van der Waals surface area (Å²) in [5, 5.41) is 5.68. The lowest BCUT2D eigenvalue weighted by Crippen LogP contribution is -2.27. The average molecular weight is 341 g/mol. The fraction of sp³-hybridized carbons (Fsp3) is 0.316. The number of amides is 2. The van der Waals surface area contributed by atoms with E-state index in [9.17, 15) is 9.59 Å². The summed E-state index contributed by atoms with van der Waals surface area (Å²) in [7, 11) is 0. The molecule has 2 rings (SSSR count). The van der Waals surface area contributed by atoms with E-state index >= 15 is 0 Å². The molecule has 132 valence electrons. The SMILES string of the molecule is CCOc1nc(C)ccc1C(=O)NC(C)c1cccc(NC(C)=O)c1. The van der Waals surface area contributed by atoms with E-state index in [1.807, 2.05) is 39.0 Å². The third-order valence-corrected chi connectivity index (χ3v) is 3.58. The second-order valence-corrected chi connectivity index (χ2v) is 5.74. The Hall–Kier alpha value is -2.89. The van der Waals surface area contributed by atoms with Gasteiger partial charge in [0.25, 0.3) is 5.91 Å². The molecule has 0 radical (unpaired) electrons. The zero-order chi connectivity index (χ0) is 18.4. The van der Waals surface area contributed by atoms with Crippen molar-refractivity contribution in [3.8, 4) is 5.88 Å². The van der Waals surface area contributed by atoms with E-state index < -0.39 is 0 Å². The Morgan fingerprint density at radius 3 is 2.68 bits per heavy atom. The first kappa shape index (κ1) is 18.4. The van der Waals surface area contributed by atoms with Crippen molar-refractivity contribution in [2.24, 2.45) is 0 Å². The number of rotatable bonds is 6. The molecule has 2 N–H and O–H groups in total. The van der Waals surface area contributed by atoms with E-state index in [4.69, 9.17) is 4.74 Å². The van der Waals surface area contributed by atoms with Crippen LogP contribution in [0.15, 0.2) is 36.4 Å². The third kappa shape index (κ3) is 5.04. The van der Waals surface area contributed by atoms with Crippen LogP contribution in [-0.2, 0) is 4.79 Å². The topological polar surface area (TPSA) is 80.3 Å². The molecular formula is C19H23N3O3. The highest BCUT2D eigenvalue weighted by molar-refractivity contribution is 5.96. The van der Waals surface area contributed by atoms with Crippen molar-refractivity contribution in [1.82, 2.24) is 10.3 Å². The summed E-state index contributed by atoms with van der Waals surface area (Å²) in [4.78, 5) is 28.1. The second-order valence-electron chi connectivity index (χ2n) is 5.74. The van der Waals surface area contributed by atoms with Crippen LogP contribution < -0.4 is 15.4 Å². The maximum atomic E-state index is 12.6. The quantitative estimate of drug-likeness (QED) is 0.845. The second kappa shape index (κ2) is 8.28. The lowest BCUT2D eigenvalue weighted by molar-refractivity contribution is -0.114. The molecule has 0 bridgehead atoms. The Morgan fingerprint density at radius 1 is 1.24 bits per heavy atom. The van der Waals surface area contributed by atoms with E-state index in [1.165, 1.54) is 6.92 Å². The number of nitrogens with zero attached hydrogens (tertiary/aromatic N) is 1. The van der Waals surface area contributed by atoms with Gasteiger partial charge < -0.3 is 15.4 Å². The van der Waals surface area contributed by atoms with Crippen molar-refractivity contribution in [3.63, 3.8) is 0 Å². The first-order valence-electron chi connectivity index (χ1n) is 8.19. The van der Waals surface area contributed by atoms with E-state index in [0.29, 0.717) is 23.7 Å². The summed E-state index contributed by atoms with van der Waals surface area (Å²) in [5.74, 6) is -0.0616. The smallest absolute Gasteiger partial charge is 0.257 e. The number of pyridine rings is 1. The number of nitrogens with one attached hydrogen (secondary N) is 2. The Morgan fingerprint density at radius 2 is 2.00 bits per heavy atom. The molecule has 0 aliphatic rings. The number of benzene rings is 1.